The fourth-order valence-electron chi connectivity index (χ4n) is 5.16. The van der Waals surface area contributed by atoms with Gasteiger partial charge in [0.25, 0.3) is 0 Å². The molecule has 0 bridgehead atoms. The number of aliphatic hydroxyl groups is 1. The molecule has 274 valence electrons. The largest absolute Gasteiger partial charge is 0.744 e. The van der Waals surface area contributed by atoms with Crippen molar-refractivity contribution >= 4 is 50.9 Å². The molecular formula is C35H43N5O10S. The minimum absolute atomic E-state index is 0.119. The Balaban J connectivity index is 1.36. The highest BCUT2D eigenvalue weighted by Gasteiger charge is 2.29. The number of carbonyl (C=O) groups excluding carboxylic acids is 2. The second-order valence-corrected chi connectivity index (χ2v) is 13.5. The standard InChI is InChI=1S/C35H43N5O10S/c1-6-39(7-2)30-12-11-27-17-28(35(44)50-31(27)18-30)10-9-26-13-16-38(20-32(26)51(45,46)47)14-8-15-40-19-29(36-37-40)22-49-34(43)25(5)24(4)33(42)48-21-23(3)41/h9-13,16-20,23-25,41H,6-8,14-15,21-22H2,1-5H3. The van der Waals surface area contributed by atoms with E-state index >= 15 is 0 Å². The van der Waals surface area contributed by atoms with E-state index in [2.05, 4.69) is 15.2 Å². The molecule has 15 nitrogen and oxygen atoms in total. The molecule has 3 unspecified atom stereocenters. The zero-order valence-corrected chi connectivity index (χ0v) is 30.0. The lowest BCUT2D eigenvalue weighted by Crippen LogP contribution is -2.34. The molecule has 0 fully saturated rings. The molecule has 0 aliphatic rings. The molecule has 0 aliphatic heterocycles. The maximum absolute atomic E-state index is 12.8. The number of aliphatic hydroxyl groups excluding tert-OH is 1. The van der Waals surface area contributed by atoms with Crippen LogP contribution in [0.4, 0.5) is 5.69 Å². The number of rotatable bonds is 17. The molecule has 0 spiro atoms. The van der Waals surface area contributed by atoms with Gasteiger partial charge >= 0.3 is 17.6 Å². The number of aryl methyl sites for hydroxylation is 2. The molecule has 0 radical (unpaired) electrons. The van der Waals surface area contributed by atoms with Crippen LogP contribution in [0.15, 0.2) is 63.0 Å². The van der Waals surface area contributed by atoms with Crippen LogP contribution in [0, 0.1) is 11.8 Å². The third-order valence-electron chi connectivity index (χ3n) is 8.31. The fourth-order valence-corrected chi connectivity index (χ4v) is 5.85. The van der Waals surface area contributed by atoms with Crippen molar-refractivity contribution in [2.24, 2.45) is 11.8 Å². The van der Waals surface area contributed by atoms with E-state index in [4.69, 9.17) is 13.9 Å². The lowest BCUT2D eigenvalue weighted by molar-refractivity contribution is -0.699. The van der Waals surface area contributed by atoms with E-state index < -0.39 is 50.5 Å². The Kier molecular flexibility index (Phi) is 13.2. The summed E-state index contributed by atoms with van der Waals surface area (Å²) in [5.41, 5.74) is 1.46. The summed E-state index contributed by atoms with van der Waals surface area (Å²) in [6, 6.07) is 8.73. The number of fused-ring (bicyclic) bond motifs is 1. The Bertz CT molecular complexity index is 2040. The van der Waals surface area contributed by atoms with Gasteiger partial charge in [0.15, 0.2) is 12.4 Å². The van der Waals surface area contributed by atoms with Crippen LogP contribution in [-0.4, -0.2) is 70.8 Å². The van der Waals surface area contributed by atoms with Crippen molar-refractivity contribution in [2.45, 2.75) is 71.7 Å². The van der Waals surface area contributed by atoms with E-state index in [0.717, 1.165) is 18.8 Å². The topological polar surface area (TPSA) is 198 Å². The van der Waals surface area contributed by atoms with Crippen molar-refractivity contribution in [1.29, 1.82) is 0 Å². The van der Waals surface area contributed by atoms with Crippen molar-refractivity contribution in [3.05, 3.63) is 76.2 Å². The van der Waals surface area contributed by atoms with Gasteiger partial charge < -0.3 is 28.5 Å². The van der Waals surface area contributed by atoms with Crippen LogP contribution in [0.25, 0.3) is 23.1 Å². The van der Waals surface area contributed by atoms with Crippen molar-refractivity contribution < 1.29 is 46.1 Å². The second kappa shape index (κ2) is 17.3. The van der Waals surface area contributed by atoms with Crippen LogP contribution < -0.4 is 15.1 Å². The average molecular weight is 726 g/mol. The highest BCUT2D eigenvalue weighted by molar-refractivity contribution is 7.85. The number of pyridine rings is 1. The minimum Gasteiger partial charge on any atom is -0.744 e. The maximum atomic E-state index is 12.8. The number of anilines is 1. The molecule has 4 aromatic rings. The van der Waals surface area contributed by atoms with Crippen LogP contribution in [0.1, 0.15) is 57.9 Å². The zero-order valence-electron chi connectivity index (χ0n) is 29.2. The van der Waals surface area contributed by atoms with Gasteiger partial charge in [-0.3, -0.25) is 14.3 Å². The van der Waals surface area contributed by atoms with E-state index in [1.54, 1.807) is 36.9 Å². The van der Waals surface area contributed by atoms with E-state index in [-0.39, 0.29) is 24.3 Å². The molecular weight excluding hydrogens is 682 g/mol. The van der Waals surface area contributed by atoms with Gasteiger partial charge in [-0.25, -0.2) is 17.8 Å². The molecule has 0 saturated heterocycles. The molecule has 0 saturated carbocycles. The van der Waals surface area contributed by atoms with Crippen LogP contribution >= 0.6 is 0 Å². The van der Waals surface area contributed by atoms with Gasteiger partial charge in [-0.05, 0) is 45.0 Å². The van der Waals surface area contributed by atoms with Gasteiger partial charge in [-0.1, -0.05) is 25.1 Å². The molecule has 1 N–H and O–H groups in total. The van der Waals surface area contributed by atoms with Gasteiger partial charge in [0, 0.05) is 54.8 Å². The number of carbonyl (C=O) groups is 2. The van der Waals surface area contributed by atoms with Crippen LogP contribution in [0.5, 0.6) is 0 Å². The number of hydrogen-bond acceptors (Lipinski definition) is 13. The lowest BCUT2D eigenvalue weighted by Gasteiger charge is -2.20. The third kappa shape index (κ3) is 10.5. The summed E-state index contributed by atoms with van der Waals surface area (Å²) in [6.07, 6.45) is 6.95. The molecule has 4 rings (SSSR count). The zero-order chi connectivity index (χ0) is 37.3. The molecule has 0 amide bonds. The molecule has 0 aliphatic carbocycles. The predicted molar refractivity (Wildman–Crippen MR) is 185 cm³/mol. The van der Waals surface area contributed by atoms with Crippen molar-refractivity contribution in [1.82, 2.24) is 15.0 Å². The summed E-state index contributed by atoms with van der Waals surface area (Å²) in [6.45, 7) is 10.6. The summed E-state index contributed by atoms with van der Waals surface area (Å²) in [5.74, 6) is -2.79. The van der Waals surface area contributed by atoms with Crippen molar-refractivity contribution in [3.8, 4) is 0 Å². The normalized spacial score (nSPS) is 13.6. The number of aromatic nitrogens is 4. The number of nitrogens with zero attached hydrogens (tertiary/aromatic N) is 5. The number of esters is 2. The summed E-state index contributed by atoms with van der Waals surface area (Å²) < 4.78 is 55.5. The van der Waals surface area contributed by atoms with Gasteiger partial charge in [-0.2, -0.15) is 0 Å². The smallest absolute Gasteiger partial charge is 0.343 e. The monoisotopic (exact) mass is 725 g/mol. The van der Waals surface area contributed by atoms with Gasteiger partial charge in [-0.15, -0.1) is 5.10 Å². The summed E-state index contributed by atoms with van der Waals surface area (Å²) in [5, 5.41) is 18.0. The molecule has 3 atom stereocenters. The highest BCUT2D eigenvalue weighted by atomic mass is 32.2. The van der Waals surface area contributed by atoms with Crippen LogP contribution in [-0.2, 0) is 48.9 Å². The second-order valence-electron chi connectivity index (χ2n) is 12.2. The average Bonchev–Trinajstić information content (AvgIpc) is 3.55. The Morgan fingerprint density at radius 3 is 2.41 bits per heavy atom. The number of hydrogen-bond donors (Lipinski definition) is 1. The first-order valence-corrected chi connectivity index (χ1v) is 18.0. The van der Waals surface area contributed by atoms with E-state index in [0.29, 0.717) is 36.2 Å². The molecule has 51 heavy (non-hydrogen) atoms. The van der Waals surface area contributed by atoms with E-state index in [1.165, 1.54) is 36.0 Å². The minimum atomic E-state index is -4.87. The third-order valence-corrected chi connectivity index (χ3v) is 9.19. The van der Waals surface area contributed by atoms with E-state index in [1.807, 2.05) is 32.0 Å². The first kappa shape index (κ1) is 38.9. The van der Waals surface area contributed by atoms with Gasteiger partial charge in [0.1, 0.15) is 46.0 Å². The molecule has 1 aromatic carbocycles. The van der Waals surface area contributed by atoms with Gasteiger partial charge in [0.05, 0.1) is 29.7 Å². The highest BCUT2D eigenvalue weighted by Crippen LogP contribution is 2.23. The molecule has 3 heterocycles. The number of ether oxygens (including phenoxy) is 2. The predicted octanol–water partition coefficient (Wildman–Crippen LogP) is 2.92. The summed E-state index contributed by atoms with van der Waals surface area (Å²) in [7, 11) is -4.87. The first-order chi connectivity index (χ1) is 24.2. The lowest BCUT2D eigenvalue weighted by atomic mass is 9.96. The van der Waals surface area contributed by atoms with Crippen molar-refractivity contribution in [3.63, 3.8) is 0 Å². The maximum Gasteiger partial charge on any atom is 0.343 e. The SMILES string of the molecule is CCN(CC)c1ccc2cc(/C=C/c3cc[n+](CCCn4cc(COC(=O)C(C)C(C)C(=O)OCC(C)O)nn4)cc3S(=O)(=O)[O-])c(=O)oc2c1. The summed E-state index contributed by atoms with van der Waals surface area (Å²) >= 11 is 0. The number of benzene rings is 1. The van der Waals surface area contributed by atoms with Crippen molar-refractivity contribution in [2.75, 3.05) is 24.6 Å². The summed E-state index contributed by atoms with van der Waals surface area (Å²) in [4.78, 5) is 39.0. The Morgan fingerprint density at radius 1 is 1.06 bits per heavy atom. The fraction of sp³-hybridized carbons (Fsp3) is 0.429. The quantitative estimate of drug-likeness (QED) is 0.0722. The van der Waals surface area contributed by atoms with E-state index in [9.17, 15) is 32.5 Å². The van der Waals surface area contributed by atoms with Gasteiger partial charge in [0.2, 0.25) is 0 Å². The molecule has 16 heteroatoms. The van der Waals surface area contributed by atoms with Crippen LogP contribution in [0.2, 0.25) is 0 Å². The van der Waals surface area contributed by atoms with Crippen LogP contribution in [0.3, 0.4) is 0 Å². The molecule has 3 aromatic heterocycles. The first-order valence-electron chi connectivity index (χ1n) is 16.6. The Labute approximate surface area is 295 Å². The Morgan fingerprint density at radius 2 is 1.75 bits per heavy atom. The Hall–Kier alpha value is -4.93.